The molecule has 2 heterocycles. The number of aromatic nitrogens is 1. The molecule has 110 valence electrons. The van der Waals surface area contributed by atoms with Gasteiger partial charge < -0.3 is 5.32 Å². The zero-order valence-electron chi connectivity index (χ0n) is 12.3. The topological polar surface area (TPSA) is 24.9 Å². The molecule has 1 aromatic heterocycles. The first kappa shape index (κ1) is 14.7. The number of hydrogen-bond acceptors (Lipinski definition) is 4. The largest absolute Gasteiger partial charge is 0.315 e. The van der Waals surface area contributed by atoms with E-state index < -0.39 is 0 Å². The van der Waals surface area contributed by atoms with Gasteiger partial charge in [-0.2, -0.15) is 23.5 Å². The Labute approximate surface area is 130 Å². The SMILES string of the molecule is CNC(C1CCCc2cccnc21)C1SCCSC1C. The van der Waals surface area contributed by atoms with E-state index in [1.54, 1.807) is 0 Å². The number of rotatable bonds is 3. The Hall–Kier alpha value is -0.190. The van der Waals surface area contributed by atoms with E-state index in [9.17, 15) is 0 Å². The van der Waals surface area contributed by atoms with Crippen molar-refractivity contribution in [3.05, 3.63) is 29.6 Å². The minimum absolute atomic E-state index is 0.553. The van der Waals surface area contributed by atoms with Crippen molar-refractivity contribution in [1.29, 1.82) is 0 Å². The van der Waals surface area contributed by atoms with Crippen LogP contribution in [0.1, 0.15) is 36.9 Å². The van der Waals surface area contributed by atoms with E-state index in [0.29, 0.717) is 17.2 Å². The van der Waals surface area contributed by atoms with E-state index in [0.717, 1.165) is 5.25 Å². The van der Waals surface area contributed by atoms with Gasteiger partial charge in [-0.25, -0.2) is 0 Å². The molecule has 0 bridgehead atoms. The fraction of sp³-hybridized carbons (Fsp3) is 0.688. The molecule has 20 heavy (non-hydrogen) atoms. The van der Waals surface area contributed by atoms with Crippen molar-refractivity contribution in [1.82, 2.24) is 10.3 Å². The summed E-state index contributed by atoms with van der Waals surface area (Å²) < 4.78 is 0. The van der Waals surface area contributed by atoms with Crippen LogP contribution in [0.15, 0.2) is 18.3 Å². The van der Waals surface area contributed by atoms with Crippen molar-refractivity contribution in [3.8, 4) is 0 Å². The molecule has 1 N–H and O–H groups in total. The van der Waals surface area contributed by atoms with Crippen LogP contribution < -0.4 is 5.32 Å². The van der Waals surface area contributed by atoms with Gasteiger partial charge in [0.05, 0.1) is 0 Å². The van der Waals surface area contributed by atoms with Gasteiger partial charge >= 0.3 is 0 Å². The maximum Gasteiger partial charge on any atom is 0.0482 e. The fourth-order valence-corrected chi connectivity index (χ4v) is 6.68. The number of nitrogens with zero attached hydrogens (tertiary/aromatic N) is 1. The molecule has 4 heteroatoms. The summed E-state index contributed by atoms with van der Waals surface area (Å²) in [5.41, 5.74) is 2.84. The van der Waals surface area contributed by atoms with E-state index >= 15 is 0 Å². The van der Waals surface area contributed by atoms with Crippen LogP contribution in [0.2, 0.25) is 0 Å². The molecule has 4 unspecified atom stereocenters. The zero-order chi connectivity index (χ0) is 13.9. The highest BCUT2D eigenvalue weighted by molar-refractivity contribution is 8.07. The number of thioether (sulfide) groups is 2. The van der Waals surface area contributed by atoms with Gasteiger partial charge in [0.25, 0.3) is 0 Å². The molecule has 1 aliphatic carbocycles. The summed E-state index contributed by atoms with van der Waals surface area (Å²) in [4.78, 5) is 4.73. The van der Waals surface area contributed by atoms with Crippen LogP contribution in [-0.2, 0) is 6.42 Å². The third-order valence-corrected chi connectivity index (χ3v) is 7.81. The number of aryl methyl sites for hydroxylation is 1. The maximum absolute atomic E-state index is 4.73. The molecule has 1 fully saturated rings. The quantitative estimate of drug-likeness (QED) is 0.926. The van der Waals surface area contributed by atoms with Gasteiger partial charge in [-0.05, 0) is 37.9 Å². The Balaban J connectivity index is 1.86. The van der Waals surface area contributed by atoms with Crippen LogP contribution in [-0.4, -0.2) is 40.1 Å². The zero-order valence-corrected chi connectivity index (χ0v) is 14.0. The Morgan fingerprint density at radius 3 is 3.00 bits per heavy atom. The van der Waals surface area contributed by atoms with Crippen LogP contribution in [0, 0.1) is 0 Å². The van der Waals surface area contributed by atoms with E-state index in [2.05, 4.69) is 54.9 Å². The predicted octanol–water partition coefficient (Wildman–Crippen LogP) is 3.33. The van der Waals surface area contributed by atoms with Gasteiger partial charge in [0.1, 0.15) is 0 Å². The molecule has 0 saturated carbocycles. The Morgan fingerprint density at radius 2 is 2.20 bits per heavy atom. The van der Waals surface area contributed by atoms with Crippen LogP contribution in [0.4, 0.5) is 0 Å². The molecule has 0 spiro atoms. The van der Waals surface area contributed by atoms with Crippen molar-refractivity contribution >= 4 is 23.5 Å². The van der Waals surface area contributed by atoms with Gasteiger partial charge in [-0.3, -0.25) is 4.98 Å². The lowest BCUT2D eigenvalue weighted by Crippen LogP contribution is -2.47. The molecule has 2 nitrogen and oxygen atoms in total. The molecule has 2 aliphatic rings. The monoisotopic (exact) mass is 308 g/mol. The average Bonchev–Trinajstić information content (AvgIpc) is 2.50. The standard InChI is InChI=1S/C16H24N2S2/c1-11-16(20-10-9-19-11)15(17-2)13-7-3-5-12-6-4-8-18-14(12)13/h4,6,8,11,13,15-17H,3,5,7,9-10H2,1-2H3. The average molecular weight is 309 g/mol. The van der Waals surface area contributed by atoms with Crippen molar-refractivity contribution in [2.24, 2.45) is 0 Å². The Bertz CT molecular complexity index is 452. The van der Waals surface area contributed by atoms with Crippen LogP contribution >= 0.6 is 23.5 Å². The second kappa shape index (κ2) is 6.71. The summed E-state index contributed by atoms with van der Waals surface area (Å²) in [7, 11) is 2.13. The minimum Gasteiger partial charge on any atom is -0.315 e. The van der Waals surface area contributed by atoms with Crippen LogP contribution in [0.5, 0.6) is 0 Å². The van der Waals surface area contributed by atoms with Gasteiger partial charge in [0.2, 0.25) is 0 Å². The van der Waals surface area contributed by atoms with Gasteiger partial charge in [0.15, 0.2) is 0 Å². The van der Waals surface area contributed by atoms with E-state index in [1.807, 2.05) is 6.20 Å². The molecule has 1 saturated heterocycles. The normalized spacial score (nSPS) is 31.6. The van der Waals surface area contributed by atoms with Gasteiger partial charge in [-0.1, -0.05) is 13.0 Å². The number of nitrogens with one attached hydrogen (secondary N) is 1. The number of pyridine rings is 1. The molecule has 3 rings (SSSR count). The summed E-state index contributed by atoms with van der Waals surface area (Å²) in [5.74, 6) is 3.18. The summed E-state index contributed by atoms with van der Waals surface area (Å²) in [5, 5.41) is 5.08. The van der Waals surface area contributed by atoms with E-state index in [4.69, 9.17) is 4.98 Å². The smallest absolute Gasteiger partial charge is 0.0482 e. The molecule has 0 amide bonds. The molecular weight excluding hydrogens is 284 g/mol. The molecule has 4 atom stereocenters. The second-order valence-corrected chi connectivity index (χ2v) is 8.54. The van der Waals surface area contributed by atoms with Crippen molar-refractivity contribution in [3.63, 3.8) is 0 Å². The number of hydrogen-bond donors (Lipinski definition) is 1. The van der Waals surface area contributed by atoms with E-state index in [-0.39, 0.29) is 0 Å². The first-order chi connectivity index (χ1) is 9.81. The van der Waals surface area contributed by atoms with Gasteiger partial charge in [-0.15, -0.1) is 0 Å². The second-order valence-electron chi connectivity index (χ2n) is 5.77. The summed E-state index contributed by atoms with van der Waals surface area (Å²) in [6.45, 7) is 2.40. The molecule has 1 aromatic rings. The Morgan fingerprint density at radius 1 is 1.35 bits per heavy atom. The Kier molecular flexibility index (Phi) is 4.95. The first-order valence-electron chi connectivity index (χ1n) is 7.65. The third kappa shape index (κ3) is 2.88. The van der Waals surface area contributed by atoms with Crippen LogP contribution in [0.25, 0.3) is 0 Å². The van der Waals surface area contributed by atoms with Crippen LogP contribution in [0.3, 0.4) is 0 Å². The fourth-order valence-electron chi connectivity index (χ4n) is 3.63. The van der Waals surface area contributed by atoms with Crippen molar-refractivity contribution in [2.75, 3.05) is 18.6 Å². The molecular formula is C16H24N2S2. The molecule has 1 aliphatic heterocycles. The first-order valence-corrected chi connectivity index (χ1v) is 9.75. The minimum atomic E-state index is 0.553. The summed E-state index contributed by atoms with van der Waals surface area (Å²) >= 11 is 4.30. The lowest BCUT2D eigenvalue weighted by Gasteiger charge is -2.40. The van der Waals surface area contributed by atoms with Crippen molar-refractivity contribution in [2.45, 2.75) is 48.6 Å². The highest BCUT2D eigenvalue weighted by Gasteiger charge is 2.37. The predicted molar refractivity (Wildman–Crippen MR) is 90.9 cm³/mol. The maximum atomic E-state index is 4.73. The number of fused-ring (bicyclic) bond motifs is 1. The number of likely N-dealkylation sites (N-methyl/N-ethyl adjacent to an activating group) is 1. The third-order valence-electron chi connectivity index (χ3n) is 4.60. The lowest BCUT2D eigenvalue weighted by molar-refractivity contribution is 0.393. The lowest BCUT2D eigenvalue weighted by atomic mass is 9.80. The molecule has 0 aromatic carbocycles. The molecule has 0 radical (unpaired) electrons. The van der Waals surface area contributed by atoms with Gasteiger partial charge in [0, 0.05) is 45.9 Å². The van der Waals surface area contributed by atoms with Crippen molar-refractivity contribution < 1.29 is 0 Å². The van der Waals surface area contributed by atoms with E-state index in [1.165, 1.54) is 42.0 Å². The summed E-state index contributed by atoms with van der Waals surface area (Å²) in [6.07, 6.45) is 5.76. The summed E-state index contributed by atoms with van der Waals surface area (Å²) in [6, 6.07) is 4.91. The highest BCUT2D eigenvalue weighted by Crippen LogP contribution is 2.41. The highest BCUT2D eigenvalue weighted by atomic mass is 32.2.